The molecule has 1 N–H and O–H groups in total. The molecule has 0 amide bonds. The van der Waals surface area contributed by atoms with E-state index in [9.17, 15) is 9.90 Å². The van der Waals surface area contributed by atoms with Crippen LogP contribution in [-0.4, -0.2) is 10.9 Å². The number of furan rings is 1. The number of benzene rings is 1. The van der Waals surface area contributed by atoms with E-state index in [2.05, 4.69) is 0 Å². The van der Waals surface area contributed by atoms with Crippen molar-refractivity contribution in [1.82, 2.24) is 0 Å². The number of aryl methyl sites for hydroxylation is 1. The third-order valence-corrected chi connectivity index (χ3v) is 2.34. The summed E-state index contributed by atoms with van der Waals surface area (Å²) < 4.78 is 5.22. The van der Waals surface area contributed by atoms with E-state index in [1.807, 2.05) is 6.07 Å². The second-order valence-electron chi connectivity index (χ2n) is 3.58. The number of carbonyl (C=O) groups excluding carboxylic acids is 1. The summed E-state index contributed by atoms with van der Waals surface area (Å²) in [6, 6.07) is 12.0. The maximum absolute atomic E-state index is 11.8. The fourth-order valence-corrected chi connectivity index (χ4v) is 1.49. The van der Waals surface area contributed by atoms with Crippen LogP contribution in [0.25, 0.3) is 0 Å². The Morgan fingerprint density at radius 3 is 2.44 bits per heavy atom. The Balaban J connectivity index is 2.23. The molecule has 1 atom stereocenters. The van der Waals surface area contributed by atoms with Crippen LogP contribution in [0.2, 0.25) is 0 Å². The minimum atomic E-state index is -1.23. The number of carbonyl (C=O) groups is 1. The van der Waals surface area contributed by atoms with Gasteiger partial charge in [0.05, 0.1) is 0 Å². The highest BCUT2D eigenvalue weighted by Gasteiger charge is 2.21. The third-order valence-electron chi connectivity index (χ3n) is 2.34. The molecule has 16 heavy (non-hydrogen) atoms. The van der Waals surface area contributed by atoms with Gasteiger partial charge in [-0.2, -0.15) is 0 Å². The molecule has 2 aromatic rings. The van der Waals surface area contributed by atoms with Gasteiger partial charge in [0.1, 0.15) is 11.5 Å². The van der Waals surface area contributed by atoms with Crippen molar-refractivity contribution >= 4 is 5.78 Å². The van der Waals surface area contributed by atoms with Crippen molar-refractivity contribution in [3.63, 3.8) is 0 Å². The van der Waals surface area contributed by atoms with Crippen LogP contribution in [0.4, 0.5) is 0 Å². The van der Waals surface area contributed by atoms with Gasteiger partial charge in [0.15, 0.2) is 11.9 Å². The number of hydrogen-bond acceptors (Lipinski definition) is 3. The van der Waals surface area contributed by atoms with E-state index >= 15 is 0 Å². The van der Waals surface area contributed by atoms with Gasteiger partial charge in [-0.15, -0.1) is 0 Å². The van der Waals surface area contributed by atoms with Crippen molar-refractivity contribution in [2.45, 2.75) is 13.0 Å². The van der Waals surface area contributed by atoms with Gasteiger partial charge in [0.25, 0.3) is 0 Å². The van der Waals surface area contributed by atoms with Crippen molar-refractivity contribution in [3.8, 4) is 0 Å². The molecule has 0 fully saturated rings. The molecule has 0 aliphatic heterocycles. The van der Waals surface area contributed by atoms with E-state index in [0.717, 1.165) is 0 Å². The summed E-state index contributed by atoms with van der Waals surface area (Å²) in [6.45, 7) is 1.77. The predicted octanol–water partition coefficient (Wildman–Crippen LogP) is 2.50. The molecule has 3 nitrogen and oxygen atoms in total. The van der Waals surface area contributed by atoms with E-state index in [4.69, 9.17) is 4.42 Å². The van der Waals surface area contributed by atoms with E-state index in [1.165, 1.54) is 0 Å². The zero-order chi connectivity index (χ0) is 11.5. The summed E-state index contributed by atoms with van der Waals surface area (Å²) in [7, 11) is 0. The molecule has 0 unspecified atom stereocenters. The molecule has 0 aliphatic carbocycles. The number of hydrogen-bond donors (Lipinski definition) is 1. The monoisotopic (exact) mass is 216 g/mol. The van der Waals surface area contributed by atoms with E-state index in [0.29, 0.717) is 11.3 Å². The smallest absolute Gasteiger partial charge is 0.199 e. The Bertz CT molecular complexity index is 485. The topological polar surface area (TPSA) is 50.4 Å². The summed E-state index contributed by atoms with van der Waals surface area (Å²) in [5, 5.41) is 9.81. The Labute approximate surface area is 93.3 Å². The third kappa shape index (κ3) is 2.04. The summed E-state index contributed by atoms with van der Waals surface area (Å²) in [6.07, 6.45) is -1.23. The standard InChI is InChI=1S/C13H12O3/c1-9-7-8-11(16-9)13(15)12(14)10-5-3-2-4-6-10/h2-8,13,15H,1H3/t13-/m0/s1. The summed E-state index contributed by atoms with van der Waals surface area (Å²) in [5.74, 6) is 0.608. The molecule has 0 saturated heterocycles. The average molecular weight is 216 g/mol. The highest BCUT2D eigenvalue weighted by molar-refractivity contribution is 5.99. The first-order valence-electron chi connectivity index (χ1n) is 5.02. The minimum Gasteiger partial charge on any atom is -0.463 e. The van der Waals surface area contributed by atoms with Gasteiger partial charge in [-0.05, 0) is 19.1 Å². The fourth-order valence-electron chi connectivity index (χ4n) is 1.49. The molecule has 3 heteroatoms. The molecule has 0 bridgehead atoms. The predicted molar refractivity (Wildman–Crippen MR) is 59.2 cm³/mol. The lowest BCUT2D eigenvalue weighted by molar-refractivity contribution is 0.0701. The lowest BCUT2D eigenvalue weighted by Gasteiger charge is -2.06. The maximum Gasteiger partial charge on any atom is 0.199 e. The van der Waals surface area contributed by atoms with Gasteiger partial charge in [-0.1, -0.05) is 30.3 Å². The first-order chi connectivity index (χ1) is 7.68. The SMILES string of the molecule is Cc1ccc([C@H](O)C(=O)c2ccccc2)o1. The van der Waals surface area contributed by atoms with Crippen LogP contribution < -0.4 is 0 Å². The van der Waals surface area contributed by atoms with Crippen molar-refractivity contribution < 1.29 is 14.3 Å². The molecule has 0 radical (unpaired) electrons. The van der Waals surface area contributed by atoms with Crippen LogP contribution >= 0.6 is 0 Å². The molecular formula is C13H12O3. The second kappa shape index (κ2) is 4.33. The highest BCUT2D eigenvalue weighted by Crippen LogP contribution is 2.20. The highest BCUT2D eigenvalue weighted by atomic mass is 16.4. The zero-order valence-corrected chi connectivity index (χ0v) is 8.88. The lowest BCUT2D eigenvalue weighted by Crippen LogP contribution is -2.11. The minimum absolute atomic E-state index is 0.284. The molecule has 1 heterocycles. The fraction of sp³-hybridized carbons (Fsp3) is 0.154. The summed E-state index contributed by atoms with van der Waals surface area (Å²) in [4.78, 5) is 11.8. The van der Waals surface area contributed by atoms with E-state index in [-0.39, 0.29) is 11.5 Å². The van der Waals surface area contributed by atoms with Crippen molar-refractivity contribution in [2.75, 3.05) is 0 Å². The van der Waals surface area contributed by atoms with Gasteiger partial charge in [-0.3, -0.25) is 4.79 Å². The number of aliphatic hydroxyl groups excluding tert-OH is 1. The first kappa shape index (κ1) is 10.6. The molecular weight excluding hydrogens is 204 g/mol. The summed E-state index contributed by atoms with van der Waals surface area (Å²) in [5.41, 5.74) is 0.476. The van der Waals surface area contributed by atoms with Crippen LogP contribution in [0.5, 0.6) is 0 Å². The van der Waals surface area contributed by atoms with Gasteiger partial charge in [0.2, 0.25) is 0 Å². The molecule has 1 aromatic carbocycles. The largest absolute Gasteiger partial charge is 0.463 e. The van der Waals surface area contributed by atoms with E-state index < -0.39 is 6.10 Å². The van der Waals surface area contributed by atoms with Crippen molar-refractivity contribution in [2.24, 2.45) is 0 Å². The molecule has 2 rings (SSSR count). The second-order valence-corrected chi connectivity index (χ2v) is 3.58. The van der Waals surface area contributed by atoms with E-state index in [1.54, 1.807) is 43.3 Å². The normalized spacial score (nSPS) is 12.4. The molecule has 0 spiro atoms. The number of rotatable bonds is 3. The number of aliphatic hydroxyl groups is 1. The summed E-state index contributed by atoms with van der Waals surface area (Å²) >= 11 is 0. The lowest BCUT2D eigenvalue weighted by atomic mass is 10.1. The average Bonchev–Trinajstić information content (AvgIpc) is 2.75. The van der Waals surface area contributed by atoms with Gasteiger partial charge >= 0.3 is 0 Å². The Kier molecular flexibility index (Phi) is 2.88. The molecule has 0 saturated carbocycles. The molecule has 1 aromatic heterocycles. The van der Waals surface area contributed by atoms with Crippen molar-refractivity contribution in [1.29, 1.82) is 0 Å². The van der Waals surface area contributed by atoms with Crippen LogP contribution in [0.15, 0.2) is 46.9 Å². The maximum atomic E-state index is 11.8. The van der Waals surface area contributed by atoms with Crippen LogP contribution in [0.1, 0.15) is 28.0 Å². The van der Waals surface area contributed by atoms with Gasteiger partial charge in [0, 0.05) is 5.56 Å². The van der Waals surface area contributed by atoms with Gasteiger partial charge in [-0.25, -0.2) is 0 Å². The molecule has 82 valence electrons. The zero-order valence-electron chi connectivity index (χ0n) is 8.88. The molecule has 0 aliphatic rings. The Morgan fingerprint density at radius 1 is 1.19 bits per heavy atom. The van der Waals surface area contributed by atoms with Gasteiger partial charge < -0.3 is 9.52 Å². The number of ketones is 1. The quantitative estimate of drug-likeness (QED) is 0.802. The van der Waals surface area contributed by atoms with Crippen molar-refractivity contribution in [3.05, 3.63) is 59.5 Å². The first-order valence-corrected chi connectivity index (χ1v) is 5.02. The Hall–Kier alpha value is -1.87. The van der Waals surface area contributed by atoms with Crippen LogP contribution in [0.3, 0.4) is 0 Å². The van der Waals surface area contributed by atoms with Crippen LogP contribution in [0, 0.1) is 6.92 Å². The van der Waals surface area contributed by atoms with Crippen LogP contribution in [-0.2, 0) is 0 Å². The Morgan fingerprint density at radius 2 is 1.88 bits per heavy atom. The number of Topliss-reactive ketones (excluding diaryl/α,β-unsaturated/α-hetero) is 1.